The first kappa shape index (κ1) is 21.9. The molecule has 1 aliphatic rings. The van der Waals surface area contributed by atoms with Crippen molar-refractivity contribution in [2.45, 2.75) is 31.9 Å². The van der Waals surface area contributed by atoms with Gasteiger partial charge in [-0.3, -0.25) is 4.99 Å². The van der Waals surface area contributed by atoms with Crippen molar-refractivity contribution in [3.63, 3.8) is 0 Å². The molecule has 1 atom stereocenters. The molecule has 1 aromatic rings. The smallest absolute Gasteiger partial charge is 0.213 e. The Morgan fingerprint density at radius 2 is 2.07 bits per heavy atom. The van der Waals surface area contributed by atoms with Crippen molar-refractivity contribution in [1.29, 1.82) is 0 Å². The topological polar surface area (TPSA) is 83.0 Å². The number of halogens is 1. The summed E-state index contributed by atoms with van der Waals surface area (Å²) in [7, 11) is 0.219. The largest absolute Gasteiger partial charge is 0.377 e. The van der Waals surface area contributed by atoms with Crippen molar-refractivity contribution in [1.82, 2.24) is 14.9 Å². The van der Waals surface area contributed by atoms with Crippen LogP contribution >= 0.6 is 11.6 Å². The molecule has 2 N–H and O–H groups in total. The van der Waals surface area contributed by atoms with Crippen LogP contribution < -0.4 is 10.0 Å². The Hall–Kier alpha value is -1.35. The second kappa shape index (κ2) is 10.8. The zero-order valence-corrected chi connectivity index (χ0v) is 17.5. The number of ether oxygens (including phenoxy) is 1. The molecule has 2 rings (SSSR count). The minimum atomic E-state index is -3.35. The van der Waals surface area contributed by atoms with Crippen LogP contribution in [0.3, 0.4) is 0 Å². The Bertz CT molecular complexity index is 704. The normalized spacial score (nSPS) is 18.3. The quantitative estimate of drug-likeness (QED) is 0.499. The predicted octanol–water partition coefficient (Wildman–Crippen LogP) is 1.84. The van der Waals surface area contributed by atoms with Gasteiger partial charge in [0.2, 0.25) is 10.0 Å². The maximum Gasteiger partial charge on any atom is 0.213 e. The molecular formula is C18H29ClN4O3S. The molecule has 7 nitrogen and oxygen atoms in total. The minimum absolute atomic E-state index is 0.0141. The van der Waals surface area contributed by atoms with Crippen molar-refractivity contribution in [2.24, 2.45) is 4.99 Å². The van der Waals surface area contributed by atoms with Crippen molar-refractivity contribution in [3.05, 3.63) is 34.9 Å². The van der Waals surface area contributed by atoms with Gasteiger partial charge in [0.05, 0.1) is 11.9 Å². The summed E-state index contributed by atoms with van der Waals surface area (Å²) in [5, 5.41) is 3.79. The summed E-state index contributed by atoms with van der Waals surface area (Å²) in [6.45, 7) is 1.97. The molecule has 9 heteroatoms. The first-order chi connectivity index (χ1) is 12.9. The molecule has 0 spiro atoms. The third kappa shape index (κ3) is 8.04. The van der Waals surface area contributed by atoms with Crippen molar-refractivity contribution in [3.8, 4) is 0 Å². The zero-order valence-electron chi connectivity index (χ0n) is 15.9. The summed E-state index contributed by atoms with van der Waals surface area (Å²) in [5.41, 5.74) is 1.09. The Morgan fingerprint density at radius 1 is 1.33 bits per heavy atom. The molecule has 0 saturated carbocycles. The van der Waals surface area contributed by atoms with Gasteiger partial charge in [0.25, 0.3) is 0 Å². The highest BCUT2D eigenvalue weighted by Gasteiger charge is 2.18. The zero-order chi connectivity index (χ0) is 19.7. The number of nitrogens with one attached hydrogen (secondary N) is 2. The molecule has 152 valence electrons. The molecule has 1 aromatic carbocycles. The molecular weight excluding hydrogens is 388 g/mol. The molecule has 1 unspecified atom stereocenters. The van der Waals surface area contributed by atoms with Gasteiger partial charge >= 0.3 is 0 Å². The van der Waals surface area contributed by atoms with Crippen LogP contribution in [-0.4, -0.2) is 64.9 Å². The summed E-state index contributed by atoms with van der Waals surface area (Å²) >= 11 is 5.90. The highest BCUT2D eigenvalue weighted by atomic mass is 35.5. The number of benzene rings is 1. The molecule has 1 heterocycles. The van der Waals surface area contributed by atoms with E-state index < -0.39 is 10.0 Å². The average Bonchev–Trinajstić information content (AvgIpc) is 2.66. The van der Waals surface area contributed by atoms with Crippen molar-refractivity contribution >= 4 is 27.6 Å². The first-order valence-electron chi connectivity index (χ1n) is 9.15. The van der Waals surface area contributed by atoms with Crippen LogP contribution in [-0.2, 0) is 21.3 Å². The lowest BCUT2D eigenvalue weighted by Crippen LogP contribution is -2.43. The molecule has 1 fully saturated rings. The van der Waals surface area contributed by atoms with Crippen LogP contribution in [0.2, 0.25) is 5.02 Å². The fourth-order valence-electron chi connectivity index (χ4n) is 2.88. The standard InChI is InChI=1S/C18H29ClN4O3S/c1-20-18(23(2)14-15-6-8-16(19)9-7-15)21-10-12-27(24,25)22-13-17-5-3-4-11-26-17/h6-9,17,22H,3-5,10-14H2,1-2H3,(H,20,21). The lowest BCUT2D eigenvalue weighted by molar-refractivity contribution is 0.0200. The van der Waals surface area contributed by atoms with E-state index in [0.29, 0.717) is 30.7 Å². The van der Waals surface area contributed by atoms with E-state index in [1.165, 1.54) is 0 Å². The third-order valence-corrected chi connectivity index (χ3v) is 5.97. The molecule has 1 saturated heterocycles. The Kier molecular flexibility index (Phi) is 8.82. The highest BCUT2D eigenvalue weighted by Crippen LogP contribution is 2.12. The van der Waals surface area contributed by atoms with Gasteiger partial charge in [-0.1, -0.05) is 23.7 Å². The fourth-order valence-corrected chi connectivity index (χ4v) is 3.96. The van der Waals surface area contributed by atoms with Gasteiger partial charge in [0.15, 0.2) is 5.96 Å². The number of nitrogens with zero attached hydrogens (tertiary/aromatic N) is 2. The molecule has 0 amide bonds. The fraction of sp³-hybridized carbons (Fsp3) is 0.611. The van der Waals surface area contributed by atoms with E-state index in [2.05, 4.69) is 15.0 Å². The van der Waals surface area contributed by atoms with Gasteiger partial charge in [0.1, 0.15) is 0 Å². The number of hydrogen-bond acceptors (Lipinski definition) is 4. The van der Waals surface area contributed by atoms with E-state index in [4.69, 9.17) is 16.3 Å². The molecule has 0 aliphatic carbocycles. The highest BCUT2D eigenvalue weighted by molar-refractivity contribution is 7.89. The van der Waals surface area contributed by atoms with Gasteiger partial charge in [-0.05, 0) is 37.0 Å². The number of rotatable bonds is 8. The van der Waals surface area contributed by atoms with Gasteiger partial charge in [-0.2, -0.15) is 0 Å². The maximum atomic E-state index is 12.2. The lowest BCUT2D eigenvalue weighted by atomic mass is 10.1. The molecule has 1 aliphatic heterocycles. The Labute approximate surface area is 167 Å². The minimum Gasteiger partial charge on any atom is -0.377 e. The number of hydrogen-bond donors (Lipinski definition) is 2. The maximum absolute atomic E-state index is 12.2. The monoisotopic (exact) mass is 416 g/mol. The molecule has 0 radical (unpaired) electrons. The van der Waals surface area contributed by atoms with Crippen LogP contribution in [0.5, 0.6) is 0 Å². The molecule has 0 bridgehead atoms. The van der Waals surface area contributed by atoms with Crippen LogP contribution in [0, 0.1) is 0 Å². The average molecular weight is 417 g/mol. The summed E-state index contributed by atoms with van der Waals surface area (Å²) in [6.07, 6.45) is 3.03. The van der Waals surface area contributed by atoms with E-state index in [9.17, 15) is 8.42 Å². The van der Waals surface area contributed by atoms with Gasteiger partial charge in [0, 0.05) is 45.4 Å². The number of sulfonamides is 1. The van der Waals surface area contributed by atoms with E-state index in [1.54, 1.807) is 7.05 Å². The lowest BCUT2D eigenvalue weighted by Gasteiger charge is -2.23. The van der Waals surface area contributed by atoms with E-state index in [-0.39, 0.29) is 18.4 Å². The van der Waals surface area contributed by atoms with Gasteiger partial charge < -0.3 is 15.0 Å². The summed E-state index contributed by atoms with van der Waals surface area (Å²) < 4.78 is 32.5. The molecule has 0 aromatic heterocycles. The first-order valence-corrected chi connectivity index (χ1v) is 11.2. The van der Waals surface area contributed by atoms with Crippen LogP contribution in [0.1, 0.15) is 24.8 Å². The van der Waals surface area contributed by atoms with E-state index in [0.717, 1.165) is 24.8 Å². The van der Waals surface area contributed by atoms with Crippen LogP contribution in [0.15, 0.2) is 29.3 Å². The number of aliphatic imine (C=N–C) groups is 1. The van der Waals surface area contributed by atoms with Crippen LogP contribution in [0.25, 0.3) is 0 Å². The van der Waals surface area contributed by atoms with E-state index in [1.807, 2.05) is 36.2 Å². The SMILES string of the molecule is CN=C(NCCS(=O)(=O)NCC1CCCCO1)N(C)Cc1ccc(Cl)cc1. The molecule has 27 heavy (non-hydrogen) atoms. The Balaban J connectivity index is 1.74. The van der Waals surface area contributed by atoms with Gasteiger partial charge in [-0.15, -0.1) is 0 Å². The summed E-state index contributed by atoms with van der Waals surface area (Å²) in [4.78, 5) is 6.14. The Morgan fingerprint density at radius 3 is 2.70 bits per heavy atom. The van der Waals surface area contributed by atoms with Crippen molar-refractivity contribution in [2.75, 3.05) is 39.5 Å². The van der Waals surface area contributed by atoms with Gasteiger partial charge in [-0.25, -0.2) is 13.1 Å². The summed E-state index contributed by atoms with van der Waals surface area (Å²) in [6, 6.07) is 7.59. The van der Waals surface area contributed by atoms with E-state index >= 15 is 0 Å². The second-order valence-electron chi connectivity index (χ2n) is 6.61. The third-order valence-electron chi connectivity index (χ3n) is 4.37. The second-order valence-corrected chi connectivity index (χ2v) is 8.98. The predicted molar refractivity (Wildman–Crippen MR) is 110 cm³/mol. The van der Waals surface area contributed by atoms with Crippen molar-refractivity contribution < 1.29 is 13.2 Å². The van der Waals surface area contributed by atoms with Crippen LogP contribution in [0.4, 0.5) is 0 Å². The number of guanidine groups is 1. The summed E-state index contributed by atoms with van der Waals surface area (Å²) in [5.74, 6) is 0.615.